The SMILES string of the molecule is Cc1c(Cl)cccc1NCc1cc(Br)ccc1OCc1ccc(Cl)cc1Cl. The lowest BCUT2D eigenvalue weighted by molar-refractivity contribution is 0.303. The zero-order chi connectivity index (χ0) is 19.4. The maximum Gasteiger partial charge on any atom is 0.124 e. The lowest BCUT2D eigenvalue weighted by atomic mass is 10.1. The van der Waals surface area contributed by atoms with E-state index in [-0.39, 0.29) is 0 Å². The molecule has 3 aromatic carbocycles. The molecule has 27 heavy (non-hydrogen) atoms. The summed E-state index contributed by atoms with van der Waals surface area (Å²) in [5, 5.41) is 5.36. The van der Waals surface area contributed by atoms with Crippen molar-refractivity contribution >= 4 is 56.4 Å². The number of ether oxygens (including phenoxy) is 1. The van der Waals surface area contributed by atoms with E-state index in [4.69, 9.17) is 39.5 Å². The van der Waals surface area contributed by atoms with E-state index in [9.17, 15) is 0 Å². The fourth-order valence-electron chi connectivity index (χ4n) is 2.61. The smallest absolute Gasteiger partial charge is 0.124 e. The average Bonchev–Trinajstić information content (AvgIpc) is 2.63. The number of nitrogens with one attached hydrogen (secondary N) is 1. The van der Waals surface area contributed by atoms with Crippen LogP contribution >= 0.6 is 50.7 Å². The van der Waals surface area contributed by atoms with E-state index in [1.54, 1.807) is 12.1 Å². The summed E-state index contributed by atoms with van der Waals surface area (Å²) < 4.78 is 7.01. The predicted molar refractivity (Wildman–Crippen MR) is 118 cm³/mol. The van der Waals surface area contributed by atoms with Gasteiger partial charge in [-0.25, -0.2) is 0 Å². The molecule has 2 nitrogen and oxygen atoms in total. The molecule has 3 rings (SSSR count). The average molecular weight is 486 g/mol. The van der Waals surface area contributed by atoms with Crippen LogP contribution in [-0.4, -0.2) is 0 Å². The summed E-state index contributed by atoms with van der Waals surface area (Å²) in [6, 6.07) is 17.1. The number of benzene rings is 3. The molecule has 0 aliphatic rings. The molecule has 0 fully saturated rings. The van der Waals surface area contributed by atoms with Gasteiger partial charge in [-0.05, 0) is 55.0 Å². The number of rotatable bonds is 6. The minimum Gasteiger partial charge on any atom is -0.488 e. The molecule has 140 valence electrons. The lowest BCUT2D eigenvalue weighted by Gasteiger charge is -2.15. The fraction of sp³-hybridized carbons (Fsp3) is 0.143. The number of hydrogen-bond donors (Lipinski definition) is 1. The summed E-state index contributed by atoms with van der Waals surface area (Å²) in [6.07, 6.45) is 0. The summed E-state index contributed by atoms with van der Waals surface area (Å²) in [6.45, 7) is 2.96. The Morgan fingerprint density at radius 2 is 1.74 bits per heavy atom. The van der Waals surface area contributed by atoms with Crippen molar-refractivity contribution in [3.8, 4) is 5.75 Å². The van der Waals surface area contributed by atoms with E-state index >= 15 is 0 Å². The number of halogens is 4. The highest BCUT2D eigenvalue weighted by atomic mass is 79.9. The Kier molecular flexibility index (Phi) is 6.93. The van der Waals surface area contributed by atoms with Crippen LogP contribution in [0.1, 0.15) is 16.7 Å². The van der Waals surface area contributed by atoms with Crippen LogP contribution in [0.4, 0.5) is 5.69 Å². The van der Waals surface area contributed by atoms with Gasteiger partial charge in [0.15, 0.2) is 0 Å². The first-order valence-electron chi connectivity index (χ1n) is 8.28. The van der Waals surface area contributed by atoms with Crippen LogP contribution in [0.2, 0.25) is 15.1 Å². The van der Waals surface area contributed by atoms with Crippen LogP contribution < -0.4 is 10.1 Å². The van der Waals surface area contributed by atoms with E-state index in [1.165, 1.54) is 0 Å². The monoisotopic (exact) mass is 483 g/mol. The second-order valence-corrected chi connectivity index (χ2v) is 8.21. The van der Waals surface area contributed by atoms with Crippen molar-refractivity contribution in [1.29, 1.82) is 0 Å². The molecule has 0 heterocycles. The van der Waals surface area contributed by atoms with Gasteiger partial charge >= 0.3 is 0 Å². The quantitative estimate of drug-likeness (QED) is 0.383. The Bertz CT molecular complexity index is 962. The zero-order valence-electron chi connectivity index (χ0n) is 14.5. The Morgan fingerprint density at radius 3 is 2.52 bits per heavy atom. The second-order valence-electron chi connectivity index (χ2n) is 6.04. The third-order valence-corrected chi connectivity index (χ3v) is 5.65. The van der Waals surface area contributed by atoms with Crippen LogP contribution in [0.15, 0.2) is 59.1 Å². The van der Waals surface area contributed by atoms with Gasteiger partial charge in [0.25, 0.3) is 0 Å². The Hall–Kier alpha value is -1.39. The first kappa shape index (κ1) is 20.3. The molecular formula is C21H17BrCl3NO. The van der Waals surface area contributed by atoms with Crippen LogP contribution in [0, 0.1) is 6.92 Å². The summed E-state index contributed by atoms with van der Waals surface area (Å²) in [5.41, 5.74) is 3.92. The topological polar surface area (TPSA) is 21.3 Å². The lowest BCUT2D eigenvalue weighted by Crippen LogP contribution is -2.05. The summed E-state index contributed by atoms with van der Waals surface area (Å²) in [4.78, 5) is 0. The molecule has 1 N–H and O–H groups in total. The largest absolute Gasteiger partial charge is 0.488 e. The van der Waals surface area contributed by atoms with Gasteiger partial charge in [-0.15, -0.1) is 0 Å². The Morgan fingerprint density at radius 1 is 0.926 bits per heavy atom. The third kappa shape index (κ3) is 5.32. The van der Waals surface area contributed by atoms with E-state index in [0.29, 0.717) is 23.2 Å². The maximum absolute atomic E-state index is 6.24. The Labute approximate surface area is 182 Å². The molecule has 6 heteroatoms. The highest BCUT2D eigenvalue weighted by Gasteiger charge is 2.09. The molecule has 0 spiro atoms. The molecule has 0 amide bonds. The second kappa shape index (κ2) is 9.20. The standard InChI is InChI=1S/C21H17BrCl3NO/c1-13-18(24)3-2-4-20(13)26-11-15-9-16(22)6-8-21(15)27-12-14-5-7-17(23)10-19(14)25/h2-10,26H,11-12H2,1H3. The van der Waals surface area contributed by atoms with Gasteiger partial charge in [0, 0.05) is 42.9 Å². The van der Waals surface area contributed by atoms with Crippen molar-refractivity contribution in [2.24, 2.45) is 0 Å². The zero-order valence-corrected chi connectivity index (χ0v) is 18.4. The Balaban J connectivity index is 1.75. The van der Waals surface area contributed by atoms with Crippen molar-refractivity contribution in [3.05, 3.63) is 90.8 Å². The molecule has 3 aromatic rings. The van der Waals surface area contributed by atoms with Crippen LogP contribution in [0.3, 0.4) is 0 Å². The highest BCUT2D eigenvalue weighted by Crippen LogP contribution is 2.29. The third-order valence-electron chi connectivity index (χ3n) is 4.16. The number of anilines is 1. The van der Waals surface area contributed by atoms with Crippen molar-refractivity contribution < 1.29 is 4.74 Å². The van der Waals surface area contributed by atoms with Crippen molar-refractivity contribution in [3.63, 3.8) is 0 Å². The molecule has 0 unspecified atom stereocenters. The van der Waals surface area contributed by atoms with Crippen molar-refractivity contribution in [2.75, 3.05) is 5.32 Å². The van der Waals surface area contributed by atoms with Gasteiger partial charge in [-0.1, -0.05) is 62.9 Å². The first-order valence-corrected chi connectivity index (χ1v) is 10.2. The van der Waals surface area contributed by atoms with Gasteiger partial charge in [0.05, 0.1) is 0 Å². The molecule has 0 atom stereocenters. The van der Waals surface area contributed by atoms with Gasteiger partial charge in [0.2, 0.25) is 0 Å². The van der Waals surface area contributed by atoms with Gasteiger partial charge in [-0.3, -0.25) is 0 Å². The molecule has 0 aliphatic heterocycles. The molecule has 0 bridgehead atoms. The van der Waals surface area contributed by atoms with Crippen LogP contribution in [0.25, 0.3) is 0 Å². The minimum atomic E-state index is 0.362. The minimum absolute atomic E-state index is 0.362. The van der Waals surface area contributed by atoms with E-state index in [2.05, 4.69) is 21.2 Å². The summed E-state index contributed by atoms with van der Waals surface area (Å²) in [7, 11) is 0. The van der Waals surface area contributed by atoms with Crippen LogP contribution in [0.5, 0.6) is 5.75 Å². The summed E-state index contributed by atoms with van der Waals surface area (Å²) in [5.74, 6) is 0.788. The molecular weight excluding hydrogens is 469 g/mol. The highest BCUT2D eigenvalue weighted by molar-refractivity contribution is 9.10. The maximum atomic E-state index is 6.24. The predicted octanol–water partition coefficient (Wildman–Crippen LogP) is 7.91. The van der Waals surface area contributed by atoms with Crippen molar-refractivity contribution in [2.45, 2.75) is 20.1 Å². The molecule has 0 saturated heterocycles. The fourth-order valence-corrected chi connectivity index (χ4v) is 3.66. The molecule has 0 radical (unpaired) electrons. The van der Waals surface area contributed by atoms with Gasteiger partial charge in [0.1, 0.15) is 12.4 Å². The first-order chi connectivity index (χ1) is 12.9. The van der Waals surface area contributed by atoms with Crippen LogP contribution in [-0.2, 0) is 13.2 Å². The number of hydrogen-bond acceptors (Lipinski definition) is 2. The van der Waals surface area contributed by atoms with Crippen molar-refractivity contribution in [1.82, 2.24) is 0 Å². The van der Waals surface area contributed by atoms with E-state index in [0.717, 1.165) is 37.6 Å². The van der Waals surface area contributed by atoms with Gasteiger partial charge < -0.3 is 10.1 Å². The normalized spacial score (nSPS) is 10.7. The summed E-state index contributed by atoms with van der Waals surface area (Å²) >= 11 is 21.9. The van der Waals surface area contributed by atoms with Gasteiger partial charge in [-0.2, -0.15) is 0 Å². The molecule has 0 aromatic heterocycles. The van der Waals surface area contributed by atoms with E-state index in [1.807, 2.05) is 49.4 Å². The molecule has 0 aliphatic carbocycles. The molecule has 0 saturated carbocycles. The van der Waals surface area contributed by atoms with E-state index < -0.39 is 0 Å².